The summed E-state index contributed by atoms with van der Waals surface area (Å²) < 4.78 is 27.0. The molecule has 1 saturated heterocycles. The molecule has 0 aromatic heterocycles. The number of hydrogen-bond donors (Lipinski definition) is 1. The van der Waals surface area contributed by atoms with E-state index in [4.69, 9.17) is 0 Å². The zero-order valence-corrected chi connectivity index (χ0v) is 16.9. The quantitative estimate of drug-likeness (QED) is 0.798. The molecule has 154 valence electrons. The highest BCUT2D eigenvalue weighted by Crippen LogP contribution is 2.31. The molecule has 28 heavy (non-hydrogen) atoms. The zero-order chi connectivity index (χ0) is 20.3. The molecule has 2 fully saturated rings. The molecule has 0 bridgehead atoms. The normalized spacial score (nSPS) is 24.6. The van der Waals surface area contributed by atoms with Crippen LogP contribution in [-0.4, -0.2) is 37.7 Å². The molecule has 1 aromatic carbocycles. The van der Waals surface area contributed by atoms with E-state index in [0.29, 0.717) is 37.5 Å². The summed E-state index contributed by atoms with van der Waals surface area (Å²) in [5.41, 5.74) is 0.457. The third-order valence-electron chi connectivity index (χ3n) is 5.91. The molecule has 1 aromatic rings. The number of carboxylic acid groups (broad SMARTS) is 1. The fraction of sp³-hybridized carbons (Fsp3) is 0.600. The van der Waals surface area contributed by atoms with E-state index in [1.165, 1.54) is 16.4 Å². The third-order valence-corrected chi connectivity index (χ3v) is 7.82. The summed E-state index contributed by atoms with van der Waals surface area (Å²) in [6.45, 7) is 3.17. The molecule has 7 nitrogen and oxygen atoms in total. The molecule has 1 saturated carbocycles. The van der Waals surface area contributed by atoms with Gasteiger partial charge in [0.15, 0.2) is 0 Å². The molecule has 1 aliphatic heterocycles. The minimum Gasteiger partial charge on any atom is -0.550 e. The maximum atomic E-state index is 12.8. The van der Waals surface area contributed by atoms with Crippen LogP contribution >= 0.6 is 0 Å². The number of piperidine rings is 1. The van der Waals surface area contributed by atoms with Crippen LogP contribution in [0, 0.1) is 17.8 Å². The van der Waals surface area contributed by atoms with Crippen LogP contribution in [0.4, 0.5) is 5.69 Å². The first-order chi connectivity index (χ1) is 13.3. The van der Waals surface area contributed by atoms with E-state index < -0.39 is 27.8 Å². The first-order valence-corrected chi connectivity index (χ1v) is 11.3. The summed E-state index contributed by atoms with van der Waals surface area (Å²) in [6.07, 6.45) is 4.27. The van der Waals surface area contributed by atoms with Crippen molar-refractivity contribution in [1.82, 2.24) is 4.31 Å². The number of anilines is 1. The summed E-state index contributed by atoms with van der Waals surface area (Å²) in [5.74, 6) is -2.38. The van der Waals surface area contributed by atoms with Gasteiger partial charge in [0.05, 0.1) is 4.90 Å². The lowest BCUT2D eigenvalue weighted by atomic mass is 9.78. The molecule has 2 aliphatic rings. The van der Waals surface area contributed by atoms with Crippen LogP contribution in [-0.2, 0) is 19.6 Å². The van der Waals surface area contributed by atoms with Crippen molar-refractivity contribution >= 4 is 27.6 Å². The lowest BCUT2D eigenvalue weighted by molar-refractivity contribution is -0.313. The Kier molecular flexibility index (Phi) is 6.40. The predicted octanol–water partition coefficient (Wildman–Crippen LogP) is 1.60. The Morgan fingerprint density at radius 1 is 1.00 bits per heavy atom. The average molecular weight is 408 g/mol. The van der Waals surface area contributed by atoms with E-state index in [1.54, 1.807) is 12.1 Å². The van der Waals surface area contributed by atoms with Gasteiger partial charge in [0, 0.05) is 36.6 Å². The van der Waals surface area contributed by atoms with Gasteiger partial charge in [-0.3, -0.25) is 4.79 Å². The van der Waals surface area contributed by atoms with Crippen molar-refractivity contribution in [3.8, 4) is 0 Å². The number of nitrogens with zero attached hydrogens (tertiary/aromatic N) is 1. The molecule has 1 amide bonds. The van der Waals surface area contributed by atoms with E-state index in [1.807, 2.05) is 0 Å². The summed E-state index contributed by atoms with van der Waals surface area (Å²) in [5, 5.41) is 14.0. The topological polar surface area (TPSA) is 107 Å². The lowest BCUT2D eigenvalue weighted by Gasteiger charge is -2.31. The smallest absolute Gasteiger partial charge is 0.243 e. The molecule has 1 aliphatic carbocycles. The molecule has 0 unspecified atom stereocenters. The van der Waals surface area contributed by atoms with E-state index in [9.17, 15) is 23.1 Å². The van der Waals surface area contributed by atoms with Gasteiger partial charge >= 0.3 is 0 Å². The van der Waals surface area contributed by atoms with Crippen molar-refractivity contribution in [2.45, 2.75) is 50.3 Å². The standard InChI is InChI=1S/C20H28N2O5S/c1-14-10-12-22(13-11-14)28(26,27)16-8-6-15(7-9-16)21-19(23)17-4-2-3-5-18(17)20(24)25/h6-9,14,17-18H,2-5,10-13H2,1H3,(H,21,23)(H,24,25)/p-1/t17-,18+/m0/s1. The number of carbonyl (C=O) groups is 2. The molecular formula is C20H27N2O5S-. The van der Waals surface area contributed by atoms with E-state index in [2.05, 4.69) is 12.2 Å². The molecule has 2 atom stereocenters. The Balaban J connectivity index is 1.67. The largest absolute Gasteiger partial charge is 0.550 e. The van der Waals surface area contributed by atoms with Crippen molar-refractivity contribution in [1.29, 1.82) is 0 Å². The van der Waals surface area contributed by atoms with Gasteiger partial charge in [-0.2, -0.15) is 4.31 Å². The summed E-state index contributed by atoms with van der Waals surface area (Å²) in [4.78, 5) is 24.0. The number of carboxylic acids is 1. The van der Waals surface area contributed by atoms with Crippen LogP contribution < -0.4 is 10.4 Å². The van der Waals surface area contributed by atoms with Gasteiger partial charge in [-0.15, -0.1) is 0 Å². The Morgan fingerprint density at radius 2 is 1.57 bits per heavy atom. The van der Waals surface area contributed by atoms with Crippen LogP contribution in [0.1, 0.15) is 45.4 Å². The van der Waals surface area contributed by atoms with E-state index in [-0.39, 0.29) is 10.8 Å². The minimum absolute atomic E-state index is 0.199. The Morgan fingerprint density at radius 3 is 2.14 bits per heavy atom. The molecule has 1 N–H and O–H groups in total. The SMILES string of the molecule is CC1CCN(S(=O)(=O)c2ccc(NC(=O)[C@H]3CCCC[C@H]3C(=O)[O-])cc2)CC1. The van der Waals surface area contributed by atoms with Crippen LogP contribution in [0.25, 0.3) is 0 Å². The van der Waals surface area contributed by atoms with Gasteiger partial charge in [0.25, 0.3) is 0 Å². The second kappa shape index (κ2) is 8.61. The van der Waals surface area contributed by atoms with Crippen molar-refractivity contribution < 1.29 is 23.1 Å². The second-order valence-electron chi connectivity index (χ2n) is 7.92. The minimum atomic E-state index is -3.54. The zero-order valence-electron chi connectivity index (χ0n) is 16.1. The third kappa shape index (κ3) is 4.55. The predicted molar refractivity (Wildman–Crippen MR) is 103 cm³/mol. The number of sulfonamides is 1. The maximum absolute atomic E-state index is 12.8. The summed E-state index contributed by atoms with van der Waals surface area (Å²) in [6, 6.07) is 6.07. The lowest BCUT2D eigenvalue weighted by Crippen LogP contribution is -2.42. The number of hydrogen-bond acceptors (Lipinski definition) is 5. The van der Waals surface area contributed by atoms with Crippen molar-refractivity contribution in [2.75, 3.05) is 18.4 Å². The van der Waals surface area contributed by atoms with Crippen molar-refractivity contribution in [3.63, 3.8) is 0 Å². The number of aliphatic carboxylic acids is 1. The highest BCUT2D eigenvalue weighted by Gasteiger charge is 2.32. The van der Waals surface area contributed by atoms with Crippen LogP contribution in [0.3, 0.4) is 0 Å². The van der Waals surface area contributed by atoms with Gasteiger partial charge < -0.3 is 15.2 Å². The van der Waals surface area contributed by atoms with Crippen molar-refractivity contribution in [2.24, 2.45) is 17.8 Å². The first kappa shape index (κ1) is 20.8. The fourth-order valence-corrected chi connectivity index (χ4v) is 5.52. The Bertz CT molecular complexity index is 814. The van der Waals surface area contributed by atoms with Crippen molar-refractivity contribution in [3.05, 3.63) is 24.3 Å². The summed E-state index contributed by atoms with van der Waals surface area (Å²) in [7, 11) is -3.54. The molecule has 8 heteroatoms. The highest BCUT2D eigenvalue weighted by atomic mass is 32.2. The number of carbonyl (C=O) groups excluding carboxylic acids is 2. The Hall–Kier alpha value is -1.93. The van der Waals surface area contributed by atoms with Crippen LogP contribution in [0.2, 0.25) is 0 Å². The molecule has 0 radical (unpaired) electrons. The van der Waals surface area contributed by atoms with Gasteiger partial charge in [-0.1, -0.05) is 19.8 Å². The summed E-state index contributed by atoms with van der Waals surface area (Å²) >= 11 is 0. The number of benzene rings is 1. The molecule has 3 rings (SSSR count). The molecule has 1 heterocycles. The van der Waals surface area contributed by atoms with Gasteiger partial charge in [0.1, 0.15) is 0 Å². The maximum Gasteiger partial charge on any atom is 0.243 e. The first-order valence-electron chi connectivity index (χ1n) is 9.91. The average Bonchev–Trinajstić information content (AvgIpc) is 2.68. The molecular weight excluding hydrogens is 380 g/mol. The number of amides is 1. The van der Waals surface area contributed by atoms with Crippen LogP contribution in [0.5, 0.6) is 0 Å². The Labute approximate surface area is 166 Å². The number of rotatable bonds is 5. The monoisotopic (exact) mass is 407 g/mol. The molecule has 0 spiro atoms. The van der Waals surface area contributed by atoms with Crippen LogP contribution in [0.15, 0.2) is 29.2 Å². The highest BCUT2D eigenvalue weighted by molar-refractivity contribution is 7.89. The van der Waals surface area contributed by atoms with E-state index >= 15 is 0 Å². The fourth-order valence-electron chi connectivity index (χ4n) is 4.05. The van der Waals surface area contributed by atoms with Gasteiger partial charge in [0.2, 0.25) is 15.9 Å². The van der Waals surface area contributed by atoms with Gasteiger partial charge in [-0.25, -0.2) is 8.42 Å². The van der Waals surface area contributed by atoms with Gasteiger partial charge in [-0.05, 0) is 55.9 Å². The number of nitrogens with one attached hydrogen (secondary N) is 1. The second-order valence-corrected chi connectivity index (χ2v) is 9.85. The van der Waals surface area contributed by atoms with E-state index in [0.717, 1.165) is 25.7 Å².